The molecule has 0 amide bonds. The van der Waals surface area contributed by atoms with Crippen molar-refractivity contribution >= 4 is 21.4 Å². The molecule has 1 unspecified atom stereocenters. The summed E-state index contributed by atoms with van der Waals surface area (Å²) in [4.78, 5) is 1.31. The minimum Gasteiger partial charge on any atom is -0.310 e. The number of rotatable bonds is 7. The summed E-state index contributed by atoms with van der Waals surface area (Å²) in [5, 5.41) is 5.12. The van der Waals surface area contributed by atoms with E-state index in [0.717, 1.165) is 4.88 Å². The molecule has 1 aromatic heterocycles. The Labute approximate surface area is 127 Å². The van der Waals surface area contributed by atoms with E-state index in [9.17, 15) is 8.42 Å². The van der Waals surface area contributed by atoms with Gasteiger partial charge in [0.05, 0.1) is 4.90 Å². The van der Waals surface area contributed by atoms with E-state index in [1.165, 1.54) is 15.6 Å². The molecule has 0 aliphatic heterocycles. The molecule has 0 aromatic carbocycles. The Kier molecular flexibility index (Phi) is 6.19. The average molecular weight is 319 g/mol. The highest BCUT2D eigenvalue weighted by molar-refractivity contribution is 7.89. The van der Waals surface area contributed by atoms with Gasteiger partial charge in [0.2, 0.25) is 10.0 Å². The lowest BCUT2D eigenvalue weighted by atomic mass is 10.1. The van der Waals surface area contributed by atoms with Gasteiger partial charge in [-0.3, -0.25) is 0 Å². The van der Waals surface area contributed by atoms with Crippen LogP contribution in [0, 0.1) is 5.92 Å². The molecule has 6 heteroatoms. The maximum Gasteiger partial charge on any atom is 0.244 e. The van der Waals surface area contributed by atoms with E-state index in [0.29, 0.717) is 17.5 Å². The molecular weight excluding hydrogens is 292 g/mol. The third-order valence-corrected chi connectivity index (χ3v) is 6.65. The summed E-state index contributed by atoms with van der Waals surface area (Å²) in [6, 6.07) is 2.02. The van der Waals surface area contributed by atoms with Gasteiger partial charge < -0.3 is 5.32 Å². The summed E-state index contributed by atoms with van der Waals surface area (Å²) in [7, 11) is -1.75. The quantitative estimate of drug-likeness (QED) is 0.841. The molecule has 116 valence electrons. The van der Waals surface area contributed by atoms with E-state index in [2.05, 4.69) is 19.2 Å². The molecule has 0 saturated heterocycles. The molecular formula is C14H26N2O2S2. The van der Waals surface area contributed by atoms with Crippen LogP contribution in [0.2, 0.25) is 0 Å². The highest BCUT2D eigenvalue weighted by Crippen LogP contribution is 2.27. The summed E-state index contributed by atoms with van der Waals surface area (Å²) in [6.45, 7) is 10.7. The van der Waals surface area contributed by atoms with E-state index >= 15 is 0 Å². The molecule has 0 bridgehead atoms. The zero-order valence-electron chi connectivity index (χ0n) is 13.2. The summed E-state index contributed by atoms with van der Waals surface area (Å²) in [5.41, 5.74) is 0. The van der Waals surface area contributed by atoms with Crippen molar-refractivity contribution < 1.29 is 8.42 Å². The molecule has 4 nitrogen and oxygen atoms in total. The predicted octanol–water partition coefficient (Wildman–Crippen LogP) is 2.91. The van der Waals surface area contributed by atoms with Gasteiger partial charge in [0.25, 0.3) is 0 Å². The number of thiophene rings is 1. The number of hydrogen-bond acceptors (Lipinski definition) is 4. The van der Waals surface area contributed by atoms with Crippen LogP contribution in [0.15, 0.2) is 16.3 Å². The summed E-state index contributed by atoms with van der Waals surface area (Å²) >= 11 is 1.49. The first-order valence-corrected chi connectivity index (χ1v) is 9.27. The monoisotopic (exact) mass is 318 g/mol. The normalized spacial score (nSPS) is 14.4. The second-order valence-corrected chi connectivity index (χ2v) is 8.72. The topological polar surface area (TPSA) is 49.4 Å². The Morgan fingerprint density at radius 2 is 1.85 bits per heavy atom. The van der Waals surface area contributed by atoms with Crippen LogP contribution in [0.5, 0.6) is 0 Å². The van der Waals surface area contributed by atoms with Crippen molar-refractivity contribution in [3.05, 3.63) is 16.3 Å². The largest absolute Gasteiger partial charge is 0.310 e. The SMILES string of the molecule is CC(C)NCc1sccc1S(=O)(=O)N(C)C(C)C(C)C. The Hall–Kier alpha value is -0.430. The van der Waals surface area contributed by atoms with Crippen molar-refractivity contribution in [2.24, 2.45) is 5.92 Å². The fraction of sp³-hybridized carbons (Fsp3) is 0.714. The van der Waals surface area contributed by atoms with Crippen molar-refractivity contribution in [1.29, 1.82) is 0 Å². The molecule has 1 rings (SSSR count). The standard InChI is InChI=1S/C14H26N2O2S2/c1-10(2)12(5)16(6)20(17,18)14-7-8-19-13(14)9-15-11(3)4/h7-8,10-12,15H,9H2,1-6H3. The van der Waals surface area contributed by atoms with Gasteiger partial charge in [-0.2, -0.15) is 4.31 Å². The van der Waals surface area contributed by atoms with Gasteiger partial charge in [0.1, 0.15) is 0 Å². The lowest BCUT2D eigenvalue weighted by molar-refractivity contribution is 0.315. The third kappa shape index (κ3) is 4.04. The van der Waals surface area contributed by atoms with Gasteiger partial charge >= 0.3 is 0 Å². The lowest BCUT2D eigenvalue weighted by Gasteiger charge is -2.27. The molecule has 0 fully saturated rings. The summed E-state index contributed by atoms with van der Waals surface area (Å²) in [6.07, 6.45) is 0. The molecule has 20 heavy (non-hydrogen) atoms. The van der Waals surface area contributed by atoms with Crippen molar-refractivity contribution in [2.45, 2.75) is 58.1 Å². The summed E-state index contributed by atoms with van der Waals surface area (Å²) in [5.74, 6) is 0.283. The van der Waals surface area contributed by atoms with Gasteiger partial charge in [-0.15, -0.1) is 11.3 Å². The van der Waals surface area contributed by atoms with Crippen LogP contribution in [-0.4, -0.2) is 31.9 Å². The third-order valence-electron chi connectivity index (χ3n) is 3.57. The zero-order chi connectivity index (χ0) is 15.5. The van der Waals surface area contributed by atoms with Gasteiger partial charge in [0, 0.05) is 30.6 Å². The lowest BCUT2D eigenvalue weighted by Crippen LogP contribution is -2.38. The molecule has 0 radical (unpaired) electrons. The second kappa shape index (κ2) is 7.02. The second-order valence-electron chi connectivity index (χ2n) is 5.75. The average Bonchev–Trinajstić information content (AvgIpc) is 2.83. The van der Waals surface area contributed by atoms with E-state index in [-0.39, 0.29) is 12.0 Å². The molecule has 0 spiro atoms. The molecule has 1 aromatic rings. The van der Waals surface area contributed by atoms with E-state index in [1.807, 2.05) is 26.2 Å². The van der Waals surface area contributed by atoms with E-state index < -0.39 is 10.0 Å². The molecule has 0 aliphatic carbocycles. The van der Waals surface area contributed by atoms with Crippen LogP contribution < -0.4 is 5.32 Å². The van der Waals surface area contributed by atoms with Crippen LogP contribution in [0.4, 0.5) is 0 Å². The van der Waals surface area contributed by atoms with Gasteiger partial charge in [-0.25, -0.2) is 8.42 Å². The predicted molar refractivity (Wildman–Crippen MR) is 85.5 cm³/mol. The number of hydrogen-bond donors (Lipinski definition) is 1. The first kappa shape index (κ1) is 17.6. The molecule has 1 N–H and O–H groups in total. The molecule has 1 heterocycles. The molecule has 1 atom stereocenters. The van der Waals surface area contributed by atoms with Gasteiger partial charge in [0.15, 0.2) is 0 Å². The van der Waals surface area contributed by atoms with Crippen molar-refractivity contribution in [3.63, 3.8) is 0 Å². The van der Waals surface area contributed by atoms with Crippen LogP contribution in [0.3, 0.4) is 0 Å². The van der Waals surface area contributed by atoms with Crippen LogP contribution in [-0.2, 0) is 16.6 Å². The smallest absolute Gasteiger partial charge is 0.244 e. The Bertz CT molecular complexity index is 521. The van der Waals surface area contributed by atoms with Crippen LogP contribution in [0.25, 0.3) is 0 Å². The van der Waals surface area contributed by atoms with Crippen LogP contribution >= 0.6 is 11.3 Å². The van der Waals surface area contributed by atoms with Gasteiger partial charge in [-0.05, 0) is 24.3 Å². The fourth-order valence-corrected chi connectivity index (χ4v) is 4.64. The molecule has 0 aliphatic rings. The van der Waals surface area contributed by atoms with Crippen molar-refractivity contribution in [2.75, 3.05) is 7.05 Å². The highest BCUT2D eigenvalue weighted by atomic mass is 32.2. The fourth-order valence-electron chi connectivity index (χ4n) is 1.78. The Morgan fingerprint density at radius 3 is 2.35 bits per heavy atom. The number of nitrogens with one attached hydrogen (secondary N) is 1. The summed E-state index contributed by atoms with van der Waals surface area (Å²) < 4.78 is 26.9. The van der Waals surface area contributed by atoms with Crippen LogP contribution in [0.1, 0.15) is 39.5 Å². The highest BCUT2D eigenvalue weighted by Gasteiger charge is 2.29. The first-order valence-electron chi connectivity index (χ1n) is 6.95. The Balaban J connectivity index is 3.01. The molecule has 0 saturated carbocycles. The van der Waals surface area contributed by atoms with Crippen molar-refractivity contribution in [3.8, 4) is 0 Å². The first-order chi connectivity index (χ1) is 9.17. The maximum absolute atomic E-state index is 12.7. The maximum atomic E-state index is 12.7. The Morgan fingerprint density at radius 1 is 1.25 bits per heavy atom. The van der Waals surface area contributed by atoms with E-state index in [1.54, 1.807) is 13.1 Å². The number of nitrogens with zero attached hydrogens (tertiary/aromatic N) is 1. The number of sulfonamides is 1. The minimum atomic E-state index is -3.41. The minimum absolute atomic E-state index is 0.0224. The zero-order valence-corrected chi connectivity index (χ0v) is 14.8. The van der Waals surface area contributed by atoms with Crippen molar-refractivity contribution in [1.82, 2.24) is 9.62 Å². The van der Waals surface area contributed by atoms with E-state index in [4.69, 9.17) is 0 Å². The van der Waals surface area contributed by atoms with Gasteiger partial charge in [-0.1, -0.05) is 27.7 Å².